The molecule has 1 aliphatic carbocycles. The summed E-state index contributed by atoms with van der Waals surface area (Å²) in [6, 6.07) is 3.58. The van der Waals surface area contributed by atoms with Crippen molar-refractivity contribution in [2.75, 3.05) is 21.3 Å². The molecule has 25 heavy (non-hydrogen) atoms. The minimum atomic E-state index is -0.440. The minimum absolute atomic E-state index is 0. The maximum atomic E-state index is 12.6. The van der Waals surface area contributed by atoms with Gasteiger partial charge in [0.05, 0.1) is 27.2 Å². The number of carbonyl (C=O) groups is 1. The van der Waals surface area contributed by atoms with Crippen LogP contribution in [-0.4, -0.2) is 32.8 Å². The van der Waals surface area contributed by atoms with Gasteiger partial charge in [-0.15, -0.1) is 12.4 Å². The van der Waals surface area contributed by atoms with Crippen LogP contribution in [0.5, 0.6) is 17.2 Å². The summed E-state index contributed by atoms with van der Waals surface area (Å²) in [5.74, 6) is 1.68. The Balaban J connectivity index is 0.00000312. The molecule has 0 bridgehead atoms. The highest BCUT2D eigenvalue weighted by Crippen LogP contribution is 2.35. The zero-order chi connectivity index (χ0) is 17.7. The molecule has 3 N–H and O–H groups in total. The number of halogens is 1. The van der Waals surface area contributed by atoms with Crippen LogP contribution in [0.15, 0.2) is 12.1 Å². The molecule has 0 spiro atoms. The quantitative estimate of drug-likeness (QED) is 0.802. The largest absolute Gasteiger partial charge is 0.496 e. The topological polar surface area (TPSA) is 82.8 Å². The van der Waals surface area contributed by atoms with E-state index in [1.807, 2.05) is 13.0 Å². The Labute approximate surface area is 155 Å². The van der Waals surface area contributed by atoms with E-state index in [-0.39, 0.29) is 24.2 Å². The van der Waals surface area contributed by atoms with Crippen molar-refractivity contribution >= 4 is 18.3 Å². The fourth-order valence-electron chi connectivity index (χ4n) is 3.33. The Morgan fingerprint density at radius 3 is 2.32 bits per heavy atom. The van der Waals surface area contributed by atoms with E-state index in [1.165, 1.54) is 0 Å². The number of ether oxygens (including phenoxy) is 3. The number of nitrogens with one attached hydrogen (secondary N) is 1. The normalized spacial score (nSPS) is 22.5. The lowest BCUT2D eigenvalue weighted by molar-refractivity contribution is -0.128. The van der Waals surface area contributed by atoms with E-state index in [4.69, 9.17) is 19.9 Å². The third-order valence-corrected chi connectivity index (χ3v) is 4.81. The van der Waals surface area contributed by atoms with E-state index >= 15 is 0 Å². The lowest BCUT2D eigenvalue weighted by atomic mass is 9.74. The highest BCUT2D eigenvalue weighted by atomic mass is 35.5. The van der Waals surface area contributed by atoms with Crippen LogP contribution >= 0.6 is 12.4 Å². The van der Waals surface area contributed by atoms with Gasteiger partial charge in [-0.05, 0) is 25.8 Å². The van der Waals surface area contributed by atoms with E-state index in [1.54, 1.807) is 27.4 Å². The summed E-state index contributed by atoms with van der Waals surface area (Å²) in [5.41, 5.74) is 6.70. The van der Waals surface area contributed by atoms with Crippen LogP contribution in [0.2, 0.25) is 0 Å². The molecule has 1 aliphatic rings. The van der Waals surface area contributed by atoms with Crippen molar-refractivity contribution in [1.82, 2.24) is 5.32 Å². The second-order valence-electron chi connectivity index (χ2n) is 6.54. The lowest BCUT2D eigenvalue weighted by Crippen LogP contribution is -2.52. The molecule has 1 aromatic rings. The van der Waals surface area contributed by atoms with Gasteiger partial charge >= 0.3 is 0 Å². The van der Waals surface area contributed by atoms with Gasteiger partial charge in [0.15, 0.2) is 11.5 Å². The van der Waals surface area contributed by atoms with Crippen LogP contribution < -0.4 is 25.3 Å². The first-order valence-corrected chi connectivity index (χ1v) is 8.28. The third-order valence-electron chi connectivity index (χ3n) is 4.81. The minimum Gasteiger partial charge on any atom is -0.496 e. The molecule has 0 radical (unpaired) electrons. The van der Waals surface area contributed by atoms with Crippen molar-refractivity contribution in [3.63, 3.8) is 0 Å². The maximum absolute atomic E-state index is 12.6. The van der Waals surface area contributed by atoms with Gasteiger partial charge in [-0.3, -0.25) is 4.79 Å². The third kappa shape index (κ3) is 4.92. The second-order valence-corrected chi connectivity index (χ2v) is 6.54. The van der Waals surface area contributed by atoms with Crippen molar-refractivity contribution in [1.29, 1.82) is 0 Å². The van der Waals surface area contributed by atoms with E-state index in [0.717, 1.165) is 31.2 Å². The molecular weight excluding hydrogens is 344 g/mol. The summed E-state index contributed by atoms with van der Waals surface area (Å²) in [6.07, 6.45) is 3.84. The average molecular weight is 373 g/mol. The van der Waals surface area contributed by atoms with Crippen LogP contribution in [-0.2, 0) is 11.3 Å². The maximum Gasteiger partial charge on any atom is 0.225 e. The molecule has 2 unspecified atom stereocenters. The SMILES string of the molecule is COc1cc(OC)c(OC)cc1CNC(=O)C1CCCCC1(C)N.Cl. The Morgan fingerprint density at radius 1 is 1.16 bits per heavy atom. The number of rotatable bonds is 6. The number of benzene rings is 1. The number of nitrogens with two attached hydrogens (primary N) is 1. The Morgan fingerprint density at radius 2 is 1.76 bits per heavy atom. The first-order chi connectivity index (χ1) is 11.4. The molecule has 6 nitrogen and oxygen atoms in total. The Kier molecular flexibility index (Phi) is 7.83. The molecular formula is C18H29ClN2O4. The van der Waals surface area contributed by atoms with E-state index in [9.17, 15) is 4.79 Å². The molecule has 0 aliphatic heterocycles. The highest BCUT2D eigenvalue weighted by Gasteiger charge is 2.37. The van der Waals surface area contributed by atoms with Crippen molar-refractivity contribution in [3.05, 3.63) is 17.7 Å². The van der Waals surface area contributed by atoms with Crippen LogP contribution in [0.25, 0.3) is 0 Å². The number of hydrogen-bond acceptors (Lipinski definition) is 5. The lowest BCUT2D eigenvalue weighted by Gasteiger charge is -2.37. The first-order valence-electron chi connectivity index (χ1n) is 8.28. The van der Waals surface area contributed by atoms with Crippen LogP contribution in [0.1, 0.15) is 38.2 Å². The van der Waals surface area contributed by atoms with Gasteiger partial charge in [0.1, 0.15) is 5.75 Å². The van der Waals surface area contributed by atoms with Crippen LogP contribution in [0, 0.1) is 5.92 Å². The summed E-state index contributed by atoms with van der Waals surface area (Å²) in [5, 5.41) is 2.99. The van der Waals surface area contributed by atoms with Crippen molar-refractivity contribution in [2.45, 2.75) is 44.7 Å². The molecule has 1 aromatic carbocycles. The molecule has 0 heterocycles. The first kappa shape index (κ1) is 21.4. The number of amides is 1. The number of carbonyl (C=O) groups excluding carboxylic acids is 1. The van der Waals surface area contributed by atoms with Gasteiger partial charge in [-0.25, -0.2) is 0 Å². The molecule has 0 aromatic heterocycles. The van der Waals surface area contributed by atoms with Crippen molar-refractivity contribution in [2.24, 2.45) is 11.7 Å². The summed E-state index contributed by atoms with van der Waals surface area (Å²) in [4.78, 5) is 12.6. The predicted molar refractivity (Wildman–Crippen MR) is 99.7 cm³/mol. The number of methoxy groups -OCH3 is 3. The fourth-order valence-corrected chi connectivity index (χ4v) is 3.33. The molecule has 2 atom stereocenters. The molecule has 1 amide bonds. The monoisotopic (exact) mass is 372 g/mol. The second kappa shape index (κ2) is 9.15. The molecule has 2 rings (SSSR count). The average Bonchev–Trinajstić information content (AvgIpc) is 2.58. The van der Waals surface area contributed by atoms with Gasteiger partial charge in [0, 0.05) is 23.7 Å². The van der Waals surface area contributed by atoms with E-state index < -0.39 is 5.54 Å². The summed E-state index contributed by atoms with van der Waals surface area (Å²) >= 11 is 0. The van der Waals surface area contributed by atoms with Gasteiger partial charge < -0.3 is 25.3 Å². The van der Waals surface area contributed by atoms with Crippen LogP contribution in [0.4, 0.5) is 0 Å². The zero-order valence-electron chi connectivity index (χ0n) is 15.4. The smallest absolute Gasteiger partial charge is 0.225 e. The van der Waals surface area contributed by atoms with Gasteiger partial charge in [0.2, 0.25) is 5.91 Å². The Hall–Kier alpha value is -1.66. The Bertz CT molecular complexity index is 593. The van der Waals surface area contributed by atoms with Gasteiger partial charge in [-0.2, -0.15) is 0 Å². The summed E-state index contributed by atoms with van der Waals surface area (Å²) < 4.78 is 16.0. The van der Waals surface area contributed by atoms with Crippen molar-refractivity contribution in [3.8, 4) is 17.2 Å². The molecule has 7 heteroatoms. The summed E-state index contributed by atoms with van der Waals surface area (Å²) in [6.45, 7) is 2.32. The fraction of sp³-hybridized carbons (Fsp3) is 0.611. The standard InChI is InChI=1S/C18H28N2O4.ClH/c1-18(19)8-6-5-7-13(18)17(21)20-11-12-9-15(23-3)16(24-4)10-14(12)22-2;/h9-10,13H,5-8,11,19H2,1-4H3,(H,20,21);1H. The highest BCUT2D eigenvalue weighted by molar-refractivity contribution is 5.85. The summed E-state index contributed by atoms with van der Waals surface area (Å²) in [7, 11) is 4.74. The molecule has 1 fully saturated rings. The number of hydrogen-bond donors (Lipinski definition) is 2. The van der Waals surface area contributed by atoms with Gasteiger partial charge in [0.25, 0.3) is 0 Å². The molecule has 1 saturated carbocycles. The molecule has 142 valence electrons. The zero-order valence-corrected chi connectivity index (χ0v) is 16.2. The van der Waals surface area contributed by atoms with E-state index in [2.05, 4.69) is 5.32 Å². The van der Waals surface area contributed by atoms with E-state index in [0.29, 0.717) is 23.8 Å². The predicted octanol–water partition coefficient (Wildman–Crippen LogP) is 2.66. The van der Waals surface area contributed by atoms with Gasteiger partial charge in [-0.1, -0.05) is 12.8 Å². The molecule has 0 saturated heterocycles. The van der Waals surface area contributed by atoms with Crippen LogP contribution in [0.3, 0.4) is 0 Å². The van der Waals surface area contributed by atoms with Crippen molar-refractivity contribution < 1.29 is 19.0 Å².